The minimum atomic E-state index is -0.458. The van der Waals surface area contributed by atoms with E-state index in [2.05, 4.69) is 9.97 Å². The Labute approximate surface area is 125 Å². The zero-order valence-corrected chi connectivity index (χ0v) is 12.2. The molecule has 1 aromatic heterocycles. The van der Waals surface area contributed by atoms with Crippen LogP contribution in [0.4, 0.5) is 8.78 Å². The summed E-state index contributed by atoms with van der Waals surface area (Å²) in [5.41, 5.74) is 2.04. The maximum absolute atomic E-state index is 14.0. The number of fused-ring (bicyclic) bond motifs is 1. The number of aromatic nitrogens is 2. The zero-order valence-electron chi connectivity index (χ0n) is 11.4. The highest BCUT2D eigenvalue weighted by Gasteiger charge is 2.14. The molecule has 0 spiro atoms. The molecule has 0 bridgehead atoms. The van der Waals surface area contributed by atoms with Crippen LogP contribution in [0.15, 0.2) is 30.3 Å². The second-order valence-corrected chi connectivity index (χ2v) is 5.25. The van der Waals surface area contributed by atoms with Gasteiger partial charge >= 0.3 is 0 Å². The van der Waals surface area contributed by atoms with Crippen LogP contribution in [0.1, 0.15) is 11.1 Å². The molecular formula is C16H11ClF2N2. The topological polar surface area (TPSA) is 25.8 Å². The maximum atomic E-state index is 14.0. The van der Waals surface area contributed by atoms with Crippen molar-refractivity contribution in [3.63, 3.8) is 0 Å². The van der Waals surface area contributed by atoms with E-state index in [1.165, 1.54) is 12.1 Å². The molecule has 0 unspecified atom stereocenters. The van der Waals surface area contributed by atoms with Gasteiger partial charge in [0.15, 0.2) is 5.82 Å². The Hall–Kier alpha value is -2.07. The van der Waals surface area contributed by atoms with Crippen LogP contribution in [0, 0.1) is 25.5 Å². The quantitative estimate of drug-likeness (QED) is 0.601. The van der Waals surface area contributed by atoms with Gasteiger partial charge in [0.1, 0.15) is 22.3 Å². The molecule has 0 amide bonds. The van der Waals surface area contributed by atoms with E-state index in [4.69, 9.17) is 11.6 Å². The summed E-state index contributed by atoms with van der Waals surface area (Å²) in [5, 5.41) is 0.688. The first-order valence-electron chi connectivity index (χ1n) is 6.36. The van der Waals surface area contributed by atoms with E-state index in [1.807, 2.05) is 6.92 Å². The van der Waals surface area contributed by atoms with Gasteiger partial charge in [0.25, 0.3) is 0 Å². The van der Waals surface area contributed by atoms with E-state index >= 15 is 0 Å². The molecule has 5 heteroatoms. The normalized spacial score (nSPS) is 11.1. The monoisotopic (exact) mass is 304 g/mol. The van der Waals surface area contributed by atoms with Gasteiger partial charge in [-0.2, -0.15) is 0 Å². The Morgan fingerprint density at radius 2 is 1.62 bits per heavy atom. The predicted octanol–water partition coefficient (Wildman–Crippen LogP) is 4.85. The molecule has 3 aromatic rings. The summed E-state index contributed by atoms with van der Waals surface area (Å²) in [6, 6.07) is 7.47. The highest BCUT2D eigenvalue weighted by atomic mass is 35.5. The number of rotatable bonds is 1. The molecule has 2 aromatic carbocycles. The van der Waals surface area contributed by atoms with Gasteiger partial charge in [0, 0.05) is 10.9 Å². The van der Waals surface area contributed by atoms with Crippen molar-refractivity contribution < 1.29 is 8.78 Å². The minimum Gasteiger partial charge on any atom is -0.225 e. The second-order valence-electron chi connectivity index (χ2n) is 4.89. The average molecular weight is 305 g/mol. The molecule has 21 heavy (non-hydrogen) atoms. The molecule has 0 fully saturated rings. The van der Waals surface area contributed by atoms with Gasteiger partial charge in [-0.05, 0) is 49.2 Å². The van der Waals surface area contributed by atoms with Gasteiger partial charge in [0.2, 0.25) is 0 Å². The molecule has 0 saturated heterocycles. The second kappa shape index (κ2) is 5.04. The highest BCUT2D eigenvalue weighted by molar-refractivity contribution is 6.34. The number of hydrogen-bond donors (Lipinski definition) is 0. The van der Waals surface area contributed by atoms with E-state index in [0.717, 1.165) is 5.56 Å². The van der Waals surface area contributed by atoms with Gasteiger partial charge in [-0.15, -0.1) is 0 Å². The van der Waals surface area contributed by atoms with Gasteiger partial charge in [0.05, 0.1) is 0 Å². The number of benzene rings is 2. The van der Waals surface area contributed by atoms with Crippen LogP contribution < -0.4 is 0 Å². The fourth-order valence-corrected chi connectivity index (χ4v) is 2.55. The van der Waals surface area contributed by atoms with Gasteiger partial charge < -0.3 is 0 Å². The molecule has 0 aliphatic rings. The van der Waals surface area contributed by atoms with Crippen molar-refractivity contribution in [1.82, 2.24) is 9.97 Å². The first-order chi connectivity index (χ1) is 9.97. The fourth-order valence-electron chi connectivity index (χ4n) is 2.23. The van der Waals surface area contributed by atoms with Crippen molar-refractivity contribution in [1.29, 1.82) is 0 Å². The standard InChI is InChI=1S/C16H11ClF2N2/c1-8-3-5-12(19)14-13(8)15(17)21-16(20-14)10-4-6-11(18)9(2)7-10/h3-7H,1-2H3. The van der Waals surface area contributed by atoms with Crippen LogP contribution in [0.3, 0.4) is 0 Å². The highest BCUT2D eigenvalue weighted by Crippen LogP contribution is 2.29. The SMILES string of the molecule is Cc1cc(-c2nc(Cl)c3c(C)ccc(F)c3n2)ccc1F. The molecule has 1 heterocycles. The van der Waals surface area contributed by atoms with Crippen LogP contribution in [-0.4, -0.2) is 9.97 Å². The molecule has 3 rings (SSSR count). The molecule has 0 radical (unpaired) electrons. The minimum absolute atomic E-state index is 0.173. The summed E-state index contributed by atoms with van der Waals surface area (Å²) >= 11 is 6.17. The lowest BCUT2D eigenvalue weighted by Crippen LogP contribution is -1.96. The number of halogens is 3. The third-order valence-corrected chi connectivity index (χ3v) is 3.65. The van der Waals surface area contributed by atoms with Crippen molar-refractivity contribution in [3.05, 3.63) is 58.2 Å². The Morgan fingerprint density at radius 3 is 2.33 bits per heavy atom. The molecule has 2 nitrogen and oxygen atoms in total. The van der Waals surface area contributed by atoms with Gasteiger partial charge in [-0.3, -0.25) is 0 Å². The Morgan fingerprint density at radius 1 is 0.905 bits per heavy atom. The third kappa shape index (κ3) is 2.36. The smallest absolute Gasteiger partial charge is 0.161 e. The number of hydrogen-bond acceptors (Lipinski definition) is 2. The lowest BCUT2D eigenvalue weighted by Gasteiger charge is -2.08. The molecule has 0 atom stereocenters. The lowest BCUT2D eigenvalue weighted by molar-refractivity contribution is 0.618. The van der Waals surface area contributed by atoms with Crippen molar-refractivity contribution >= 4 is 22.5 Å². The first kappa shape index (κ1) is 13.9. The van der Waals surface area contributed by atoms with E-state index in [0.29, 0.717) is 16.5 Å². The van der Waals surface area contributed by atoms with Crippen molar-refractivity contribution in [2.75, 3.05) is 0 Å². The van der Waals surface area contributed by atoms with E-state index < -0.39 is 5.82 Å². The van der Waals surface area contributed by atoms with Crippen LogP contribution in [0.5, 0.6) is 0 Å². The molecule has 106 valence electrons. The zero-order chi connectivity index (χ0) is 15.1. The summed E-state index contributed by atoms with van der Waals surface area (Å²) in [5.74, 6) is -0.493. The van der Waals surface area contributed by atoms with Crippen LogP contribution in [-0.2, 0) is 0 Å². The molecular weight excluding hydrogens is 294 g/mol. The van der Waals surface area contributed by atoms with Crippen molar-refractivity contribution in [3.8, 4) is 11.4 Å². The van der Waals surface area contributed by atoms with Crippen molar-refractivity contribution in [2.45, 2.75) is 13.8 Å². The van der Waals surface area contributed by atoms with Gasteiger partial charge in [-0.1, -0.05) is 17.7 Å². The summed E-state index contributed by atoms with van der Waals surface area (Å²) in [7, 11) is 0. The Kier molecular flexibility index (Phi) is 3.33. The number of nitrogens with zero attached hydrogens (tertiary/aromatic N) is 2. The van der Waals surface area contributed by atoms with Crippen LogP contribution in [0.25, 0.3) is 22.3 Å². The van der Waals surface area contributed by atoms with Crippen molar-refractivity contribution in [2.24, 2.45) is 0 Å². The van der Waals surface area contributed by atoms with Gasteiger partial charge in [-0.25, -0.2) is 18.7 Å². The first-order valence-corrected chi connectivity index (χ1v) is 6.74. The molecule has 0 aliphatic carbocycles. The Balaban J connectivity index is 2.30. The molecule has 0 aliphatic heterocycles. The fraction of sp³-hybridized carbons (Fsp3) is 0.125. The third-order valence-electron chi connectivity index (χ3n) is 3.38. The number of aryl methyl sites for hydroxylation is 2. The molecule has 0 saturated carbocycles. The van der Waals surface area contributed by atoms with E-state index in [9.17, 15) is 8.78 Å². The summed E-state index contributed by atoms with van der Waals surface area (Å²) < 4.78 is 27.3. The van der Waals surface area contributed by atoms with Crippen LogP contribution >= 0.6 is 11.6 Å². The average Bonchev–Trinajstić information content (AvgIpc) is 2.45. The van der Waals surface area contributed by atoms with E-state index in [-0.39, 0.29) is 22.3 Å². The molecule has 0 N–H and O–H groups in total. The summed E-state index contributed by atoms with van der Waals surface area (Å²) in [6.45, 7) is 3.46. The van der Waals surface area contributed by atoms with Crippen LogP contribution in [0.2, 0.25) is 5.15 Å². The van der Waals surface area contributed by atoms with E-state index in [1.54, 1.807) is 25.1 Å². The maximum Gasteiger partial charge on any atom is 0.161 e. The summed E-state index contributed by atoms with van der Waals surface area (Å²) in [4.78, 5) is 8.45. The summed E-state index contributed by atoms with van der Waals surface area (Å²) in [6.07, 6.45) is 0. The lowest BCUT2D eigenvalue weighted by atomic mass is 10.1. The largest absolute Gasteiger partial charge is 0.225 e. The predicted molar refractivity (Wildman–Crippen MR) is 79.4 cm³/mol. The Bertz CT molecular complexity index is 863.